The van der Waals surface area contributed by atoms with E-state index in [0.717, 1.165) is 0 Å². The van der Waals surface area contributed by atoms with Crippen LogP contribution in [0.2, 0.25) is 0 Å². The number of carboxylic acid groups (broad SMARTS) is 2. The summed E-state index contributed by atoms with van der Waals surface area (Å²) in [6.07, 6.45) is 0. The molecule has 0 aliphatic rings. The zero-order valence-corrected chi connectivity index (χ0v) is 4.24. The van der Waals surface area contributed by atoms with Crippen LogP contribution in [0.3, 0.4) is 0 Å². The van der Waals surface area contributed by atoms with Gasteiger partial charge in [0.25, 0.3) is 6.04 Å². The molecule has 6 nitrogen and oxygen atoms in total. The van der Waals surface area contributed by atoms with E-state index in [4.69, 9.17) is 15.7 Å². The number of rotatable bonds is 3. The highest BCUT2D eigenvalue weighted by molar-refractivity contribution is 5.97. The van der Waals surface area contributed by atoms with Crippen LogP contribution in [-0.4, -0.2) is 28.2 Å². The lowest BCUT2D eigenvalue weighted by Crippen LogP contribution is -2.26. The van der Waals surface area contributed by atoms with Crippen molar-refractivity contribution < 1.29 is 19.8 Å². The van der Waals surface area contributed by atoms with Crippen LogP contribution in [0.25, 0.3) is 0 Å². The second kappa shape index (κ2) is 2.75. The topological polar surface area (TPSA) is 111 Å². The fourth-order valence-corrected chi connectivity index (χ4v) is 0.216. The Bertz CT molecular complexity index is 140. The third-order valence-electron chi connectivity index (χ3n) is 0.597. The van der Waals surface area contributed by atoms with Crippen molar-refractivity contribution in [1.82, 2.24) is 0 Å². The first-order valence-electron chi connectivity index (χ1n) is 1.91. The maximum Gasteiger partial charge on any atom is 0.342 e. The van der Waals surface area contributed by atoms with Gasteiger partial charge in [-0.2, -0.15) is 5.11 Å². The van der Waals surface area contributed by atoms with Gasteiger partial charge in [0.2, 0.25) is 0 Å². The molecule has 0 saturated heterocycles. The molecule has 0 fully saturated rings. The van der Waals surface area contributed by atoms with E-state index >= 15 is 0 Å². The van der Waals surface area contributed by atoms with E-state index in [9.17, 15) is 9.59 Å². The summed E-state index contributed by atoms with van der Waals surface area (Å²) < 4.78 is 0. The molecule has 0 rings (SSSR count). The molecule has 0 bridgehead atoms. The zero-order valence-electron chi connectivity index (χ0n) is 4.24. The first-order chi connectivity index (χ1) is 4.09. The van der Waals surface area contributed by atoms with Crippen LogP contribution < -0.4 is 0 Å². The number of nitrogens with one attached hydrogen (secondary N) is 1. The van der Waals surface area contributed by atoms with E-state index in [1.54, 1.807) is 0 Å². The van der Waals surface area contributed by atoms with Crippen molar-refractivity contribution in [3.05, 3.63) is 0 Å². The average Bonchev–Trinajstić information content (AvgIpc) is 1.64. The quantitative estimate of drug-likeness (QED) is 0.356. The molecule has 0 saturated carbocycles. The number of hydrogen-bond donors (Lipinski definition) is 3. The molecular weight excluding hydrogens is 128 g/mol. The van der Waals surface area contributed by atoms with Crippen LogP contribution in [0.5, 0.6) is 0 Å². The van der Waals surface area contributed by atoms with Crippen LogP contribution in [0, 0.1) is 5.53 Å². The summed E-state index contributed by atoms with van der Waals surface area (Å²) in [5, 5.41) is 18.2. The van der Waals surface area contributed by atoms with Gasteiger partial charge >= 0.3 is 11.9 Å². The van der Waals surface area contributed by atoms with Gasteiger partial charge in [0, 0.05) is 0 Å². The molecule has 0 heterocycles. The summed E-state index contributed by atoms with van der Waals surface area (Å²) in [5.74, 6) is -3.25. The average molecular weight is 132 g/mol. The maximum absolute atomic E-state index is 9.78. The number of nitrogens with zero attached hydrogens (tertiary/aromatic N) is 1. The van der Waals surface area contributed by atoms with E-state index < -0.39 is 18.0 Å². The van der Waals surface area contributed by atoms with Gasteiger partial charge in [0.15, 0.2) is 0 Å². The van der Waals surface area contributed by atoms with Crippen molar-refractivity contribution in [3.8, 4) is 0 Å². The second-order valence-electron chi connectivity index (χ2n) is 1.21. The summed E-state index contributed by atoms with van der Waals surface area (Å²) in [6.45, 7) is 0. The van der Waals surface area contributed by atoms with Crippen LogP contribution in [0.4, 0.5) is 0 Å². The Balaban J connectivity index is 4.16. The van der Waals surface area contributed by atoms with E-state index in [2.05, 4.69) is 5.11 Å². The van der Waals surface area contributed by atoms with Gasteiger partial charge in [-0.05, 0) is 0 Å². The van der Waals surface area contributed by atoms with E-state index in [-0.39, 0.29) is 0 Å². The molecule has 6 heteroatoms. The molecule has 0 unspecified atom stereocenters. The van der Waals surface area contributed by atoms with Gasteiger partial charge in [-0.15, -0.1) is 0 Å². The predicted molar refractivity (Wildman–Crippen MR) is 24.2 cm³/mol. The minimum Gasteiger partial charge on any atom is -0.479 e. The summed E-state index contributed by atoms with van der Waals surface area (Å²) in [7, 11) is 0. The zero-order chi connectivity index (χ0) is 7.44. The Kier molecular flexibility index (Phi) is 2.31. The van der Waals surface area contributed by atoms with Gasteiger partial charge in [0.05, 0.1) is 0 Å². The number of carbonyl (C=O) groups is 2. The molecular formula is C3H4N2O4. The Labute approximate surface area is 49.6 Å². The third kappa shape index (κ3) is 1.85. The number of aliphatic carboxylic acids is 2. The highest BCUT2D eigenvalue weighted by Gasteiger charge is 2.24. The van der Waals surface area contributed by atoms with E-state index in [1.807, 2.05) is 0 Å². The SMILES string of the molecule is N=NC(C(=O)O)C(=O)O. The molecule has 0 amide bonds. The monoisotopic (exact) mass is 132 g/mol. The lowest BCUT2D eigenvalue weighted by atomic mass is 10.3. The van der Waals surface area contributed by atoms with Crippen molar-refractivity contribution in [2.75, 3.05) is 0 Å². The third-order valence-corrected chi connectivity index (χ3v) is 0.597. The molecule has 9 heavy (non-hydrogen) atoms. The van der Waals surface area contributed by atoms with E-state index in [0.29, 0.717) is 0 Å². The number of hydrogen-bond acceptors (Lipinski definition) is 4. The summed E-state index contributed by atoms with van der Waals surface area (Å²) in [5.41, 5.74) is 6.08. The molecule has 0 atom stereocenters. The Hall–Kier alpha value is -1.46. The Morgan fingerprint density at radius 1 is 1.33 bits per heavy atom. The molecule has 50 valence electrons. The van der Waals surface area contributed by atoms with E-state index in [1.165, 1.54) is 0 Å². The highest BCUT2D eigenvalue weighted by atomic mass is 16.4. The standard InChI is InChI=1S/C3H4N2O4/c4-5-1(2(6)7)3(8)9/h1,4H,(H,6,7)(H,8,9). The fourth-order valence-electron chi connectivity index (χ4n) is 0.216. The molecule has 0 aromatic rings. The van der Waals surface area contributed by atoms with Crippen LogP contribution in [0.15, 0.2) is 5.11 Å². The highest BCUT2D eigenvalue weighted by Crippen LogP contribution is 1.88. The molecule has 0 aromatic carbocycles. The predicted octanol–water partition coefficient (Wildman–Crippen LogP) is -0.445. The van der Waals surface area contributed by atoms with Crippen molar-refractivity contribution >= 4 is 11.9 Å². The van der Waals surface area contributed by atoms with Crippen molar-refractivity contribution in [2.24, 2.45) is 5.11 Å². The molecule has 0 aromatic heterocycles. The lowest BCUT2D eigenvalue weighted by Gasteiger charge is -1.94. The smallest absolute Gasteiger partial charge is 0.342 e. The summed E-state index contributed by atoms with van der Waals surface area (Å²) >= 11 is 0. The molecule has 0 aliphatic carbocycles. The van der Waals surface area contributed by atoms with Crippen molar-refractivity contribution in [1.29, 1.82) is 5.53 Å². The molecule has 0 radical (unpaired) electrons. The minimum atomic E-state index is -1.95. The summed E-state index contributed by atoms with van der Waals surface area (Å²) in [6, 6.07) is -1.95. The maximum atomic E-state index is 9.78. The Morgan fingerprint density at radius 2 is 1.67 bits per heavy atom. The van der Waals surface area contributed by atoms with Gasteiger partial charge in [-0.1, -0.05) is 0 Å². The lowest BCUT2D eigenvalue weighted by molar-refractivity contribution is -0.149. The van der Waals surface area contributed by atoms with Crippen LogP contribution in [-0.2, 0) is 9.59 Å². The van der Waals surface area contributed by atoms with Crippen LogP contribution >= 0.6 is 0 Å². The Morgan fingerprint density at radius 3 is 1.67 bits per heavy atom. The minimum absolute atomic E-state index is 1.63. The van der Waals surface area contributed by atoms with Gasteiger partial charge in [0.1, 0.15) is 0 Å². The van der Waals surface area contributed by atoms with Crippen LogP contribution in [0.1, 0.15) is 0 Å². The summed E-state index contributed by atoms with van der Waals surface area (Å²) in [4.78, 5) is 19.6. The molecule has 0 spiro atoms. The first-order valence-corrected chi connectivity index (χ1v) is 1.91. The van der Waals surface area contributed by atoms with Crippen molar-refractivity contribution in [3.63, 3.8) is 0 Å². The van der Waals surface area contributed by atoms with Gasteiger partial charge < -0.3 is 10.2 Å². The molecule has 3 N–H and O–H groups in total. The second-order valence-corrected chi connectivity index (χ2v) is 1.21. The number of carboxylic acids is 2. The molecule has 0 aliphatic heterocycles. The fraction of sp³-hybridized carbons (Fsp3) is 0.333. The normalized spacial score (nSPS) is 9.00. The van der Waals surface area contributed by atoms with Gasteiger partial charge in [-0.3, -0.25) is 0 Å². The van der Waals surface area contributed by atoms with Gasteiger partial charge in [-0.25, -0.2) is 15.1 Å². The largest absolute Gasteiger partial charge is 0.479 e. The first kappa shape index (κ1) is 7.54. The van der Waals surface area contributed by atoms with Crippen molar-refractivity contribution in [2.45, 2.75) is 6.04 Å².